The van der Waals surface area contributed by atoms with E-state index in [1.807, 2.05) is 11.8 Å². The molecule has 0 aromatic heterocycles. The first-order chi connectivity index (χ1) is 12.1. The van der Waals surface area contributed by atoms with E-state index in [0.29, 0.717) is 0 Å². The molecule has 0 fully saturated rings. The van der Waals surface area contributed by atoms with E-state index in [1.54, 1.807) is 11.8 Å². The molecular formula is C22H23NS2. The predicted octanol–water partition coefficient (Wildman–Crippen LogP) is 7.02. The highest BCUT2D eigenvalue weighted by Crippen LogP contribution is 2.46. The van der Waals surface area contributed by atoms with Gasteiger partial charge in [0.15, 0.2) is 0 Å². The summed E-state index contributed by atoms with van der Waals surface area (Å²) in [5, 5.41) is 1.28. The molecule has 0 atom stereocenters. The van der Waals surface area contributed by atoms with E-state index in [1.165, 1.54) is 31.6 Å². The van der Waals surface area contributed by atoms with Crippen LogP contribution in [0.15, 0.2) is 92.6 Å². The van der Waals surface area contributed by atoms with Crippen molar-refractivity contribution in [3.63, 3.8) is 0 Å². The normalized spacial score (nSPS) is 15.6. The second-order valence-electron chi connectivity index (χ2n) is 6.02. The minimum absolute atomic E-state index is 0.974. The predicted molar refractivity (Wildman–Crippen MR) is 113 cm³/mol. The first kappa shape index (κ1) is 18.0. The Morgan fingerprint density at radius 1 is 1.16 bits per heavy atom. The highest BCUT2D eigenvalue weighted by molar-refractivity contribution is 8.03. The van der Waals surface area contributed by atoms with Crippen LogP contribution in [0, 0.1) is 6.92 Å². The Balaban J connectivity index is 1.76. The van der Waals surface area contributed by atoms with Gasteiger partial charge in [-0.05, 0) is 62.3 Å². The van der Waals surface area contributed by atoms with Gasteiger partial charge in [0.2, 0.25) is 0 Å². The fraction of sp³-hybridized carbons (Fsp3) is 0.182. The van der Waals surface area contributed by atoms with Crippen molar-refractivity contribution in [3.05, 3.63) is 88.3 Å². The Kier molecular flexibility index (Phi) is 5.77. The summed E-state index contributed by atoms with van der Waals surface area (Å²) in [4.78, 5) is 6.03. The summed E-state index contributed by atoms with van der Waals surface area (Å²) in [5.74, 6) is 0. The zero-order valence-corrected chi connectivity index (χ0v) is 16.6. The van der Waals surface area contributed by atoms with Gasteiger partial charge in [-0.2, -0.15) is 0 Å². The highest BCUT2D eigenvalue weighted by Gasteiger charge is 2.22. The van der Waals surface area contributed by atoms with Gasteiger partial charge in [-0.15, -0.1) is 0 Å². The summed E-state index contributed by atoms with van der Waals surface area (Å²) >= 11 is 3.57. The van der Waals surface area contributed by atoms with E-state index in [4.69, 9.17) is 0 Å². The molecule has 3 heteroatoms. The monoisotopic (exact) mass is 365 g/mol. The maximum absolute atomic E-state index is 4.22. The summed E-state index contributed by atoms with van der Waals surface area (Å²) in [6.45, 7) is 11.7. The van der Waals surface area contributed by atoms with Crippen LogP contribution >= 0.6 is 23.5 Å². The minimum atomic E-state index is 0.974. The summed E-state index contributed by atoms with van der Waals surface area (Å²) in [7, 11) is 0. The van der Waals surface area contributed by atoms with Crippen LogP contribution in [0.1, 0.15) is 19.4 Å². The van der Waals surface area contributed by atoms with Crippen molar-refractivity contribution < 1.29 is 0 Å². The van der Waals surface area contributed by atoms with Crippen LogP contribution in [0.3, 0.4) is 0 Å². The molecule has 2 aromatic rings. The van der Waals surface area contributed by atoms with Crippen molar-refractivity contribution in [2.75, 3.05) is 11.4 Å². The molecule has 1 nitrogen and oxygen atoms in total. The van der Waals surface area contributed by atoms with E-state index in [-0.39, 0.29) is 0 Å². The zero-order chi connectivity index (χ0) is 17.8. The Labute approximate surface area is 159 Å². The van der Waals surface area contributed by atoms with Gasteiger partial charge in [0.05, 0.1) is 10.7 Å². The first-order valence-electron chi connectivity index (χ1n) is 8.45. The van der Waals surface area contributed by atoms with Crippen LogP contribution in [0.2, 0.25) is 0 Å². The van der Waals surface area contributed by atoms with Crippen LogP contribution in [-0.4, -0.2) is 6.54 Å². The molecule has 0 saturated heterocycles. The summed E-state index contributed by atoms with van der Waals surface area (Å²) < 4.78 is 0. The highest BCUT2D eigenvalue weighted by atomic mass is 32.2. The molecule has 0 N–H and O–H groups in total. The number of rotatable bonds is 5. The number of hydrogen-bond acceptors (Lipinski definition) is 3. The van der Waals surface area contributed by atoms with Gasteiger partial charge in [0, 0.05) is 21.2 Å². The third kappa shape index (κ3) is 4.23. The fourth-order valence-corrected chi connectivity index (χ4v) is 4.96. The minimum Gasteiger partial charge on any atom is -0.335 e. The van der Waals surface area contributed by atoms with Crippen LogP contribution in [0.25, 0.3) is 0 Å². The zero-order valence-electron chi connectivity index (χ0n) is 15.0. The number of para-hydroxylation sites is 1. The van der Waals surface area contributed by atoms with Crippen molar-refractivity contribution >= 4 is 29.2 Å². The number of fused-ring (bicyclic) bond motifs is 1. The van der Waals surface area contributed by atoms with Crippen molar-refractivity contribution in [3.8, 4) is 0 Å². The average Bonchev–Trinajstić information content (AvgIpc) is 2.93. The van der Waals surface area contributed by atoms with E-state index in [2.05, 4.69) is 92.9 Å². The molecule has 0 radical (unpaired) electrons. The Morgan fingerprint density at radius 3 is 2.64 bits per heavy atom. The maximum Gasteiger partial charge on any atom is 0.0804 e. The molecule has 128 valence electrons. The van der Waals surface area contributed by atoms with Crippen LogP contribution in [0.5, 0.6) is 0 Å². The molecule has 0 saturated carbocycles. The van der Waals surface area contributed by atoms with Crippen molar-refractivity contribution in [2.45, 2.75) is 30.6 Å². The Bertz CT molecular complexity index is 849. The second-order valence-corrected chi connectivity index (χ2v) is 8.25. The van der Waals surface area contributed by atoms with Gasteiger partial charge in [-0.25, -0.2) is 0 Å². The number of nitrogens with zero attached hydrogens (tertiary/aromatic N) is 1. The number of aryl methyl sites for hydroxylation is 1. The lowest BCUT2D eigenvalue weighted by Crippen LogP contribution is -2.16. The van der Waals surface area contributed by atoms with Gasteiger partial charge < -0.3 is 4.90 Å². The molecule has 3 rings (SSSR count). The first-order valence-corrected chi connectivity index (χ1v) is 10.1. The molecule has 25 heavy (non-hydrogen) atoms. The standard InChI is InChI=1S/C22H23NS2/c1-5-23-19-11-7-9-13-21(19)25-22(23)15-16(2)14-18(4)24-20-12-8-6-10-17(20)3/h6-15H,4-5H2,1-3H3/b16-14+,22-15-. The molecule has 1 aliphatic heterocycles. The van der Waals surface area contributed by atoms with Gasteiger partial charge in [-0.3, -0.25) is 0 Å². The lowest BCUT2D eigenvalue weighted by molar-refractivity contribution is 1.00. The quantitative estimate of drug-likeness (QED) is 0.414. The van der Waals surface area contributed by atoms with Crippen molar-refractivity contribution in [2.24, 2.45) is 0 Å². The van der Waals surface area contributed by atoms with E-state index >= 15 is 0 Å². The van der Waals surface area contributed by atoms with E-state index < -0.39 is 0 Å². The molecule has 0 spiro atoms. The molecule has 1 heterocycles. The number of anilines is 1. The molecule has 0 unspecified atom stereocenters. The molecule has 0 aliphatic carbocycles. The lowest BCUT2D eigenvalue weighted by atomic mass is 10.2. The second kappa shape index (κ2) is 8.03. The smallest absolute Gasteiger partial charge is 0.0804 e. The largest absolute Gasteiger partial charge is 0.335 e. The number of thioether (sulfide) groups is 2. The Hall–Kier alpha value is -1.84. The third-order valence-corrected chi connectivity index (χ3v) is 6.20. The topological polar surface area (TPSA) is 3.24 Å². The molecule has 0 amide bonds. The fourth-order valence-electron chi connectivity index (χ4n) is 2.82. The van der Waals surface area contributed by atoms with Gasteiger partial charge in [0.25, 0.3) is 0 Å². The number of benzene rings is 2. The van der Waals surface area contributed by atoms with Crippen molar-refractivity contribution in [1.29, 1.82) is 0 Å². The third-order valence-electron chi connectivity index (χ3n) is 4.03. The van der Waals surface area contributed by atoms with Crippen LogP contribution < -0.4 is 4.90 Å². The van der Waals surface area contributed by atoms with E-state index in [0.717, 1.165) is 11.4 Å². The van der Waals surface area contributed by atoms with Gasteiger partial charge in [0.1, 0.15) is 0 Å². The molecule has 2 aromatic carbocycles. The van der Waals surface area contributed by atoms with Crippen LogP contribution in [-0.2, 0) is 0 Å². The molecule has 0 bridgehead atoms. The molecule has 1 aliphatic rings. The molecular weight excluding hydrogens is 342 g/mol. The Morgan fingerprint density at radius 2 is 1.88 bits per heavy atom. The van der Waals surface area contributed by atoms with Gasteiger partial charge in [-0.1, -0.05) is 60.4 Å². The van der Waals surface area contributed by atoms with E-state index in [9.17, 15) is 0 Å². The maximum atomic E-state index is 4.22. The number of hydrogen-bond donors (Lipinski definition) is 0. The van der Waals surface area contributed by atoms with Gasteiger partial charge >= 0.3 is 0 Å². The summed E-state index contributed by atoms with van der Waals surface area (Å²) in [5.41, 5.74) is 3.82. The SMILES string of the molecule is C=C(/C=C(C)/C=C1\Sc2ccccc2N1CC)Sc1ccccc1C. The number of allylic oxidation sites excluding steroid dienone is 3. The average molecular weight is 366 g/mol. The van der Waals surface area contributed by atoms with Crippen molar-refractivity contribution in [1.82, 2.24) is 0 Å². The summed E-state index contributed by atoms with van der Waals surface area (Å²) in [6, 6.07) is 17.0. The lowest BCUT2D eigenvalue weighted by Gasteiger charge is -2.18. The summed E-state index contributed by atoms with van der Waals surface area (Å²) in [6.07, 6.45) is 4.43. The van der Waals surface area contributed by atoms with Crippen LogP contribution in [0.4, 0.5) is 5.69 Å².